The zero-order valence-corrected chi connectivity index (χ0v) is 16.9. The molecule has 3 heterocycles. The van der Waals surface area contributed by atoms with Crippen LogP contribution in [0.15, 0.2) is 35.1 Å². The van der Waals surface area contributed by atoms with E-state index in [1.165, 1.54) is 0 Å². The van der Waals surface area contributed by atoms with E-state index >= 15 is 0 Å². The van der Waals surface area contributed by atoms with Crippen LogP contribution in [0.2, 0.25) is 0 Å². The molecule has 3 aromatic rings. The predicted molar refractivity (Wildman–Crippen MR) is 114 cm³/mol. The molecule has 1 saturated heterocycles. The zero-order chi connectivity index (χ0) is 20.5. The highest BCUT2D eigenvalue weighted by molar-refractivity contribution is 5.87. The number of nitrogens with two attached hydrogens (primary N) is 1. The van der Waals surface area contributed by atoms with Gasteiger partial charge in [-0.1, -0.05) is 18.2 Å². The molecule has 2 N–H and O–H groups in total. The van der Waals surface area contributed by atoms with Crippen LogP contribution in [-0.4, -0.2) is 33.2 Å². The van der Waals surface area contributed by atoms with Crippen molar-refractivity contribution in [1.29, 1.82) is 5.26 Å². The van der Waals surface area contributed by atoms with Crippen molar-refractivity contribution in [2.75, 3.05) is 18.0 Å². The largest absolute Gasteiger partial charge is 0.368 e. The van der Waals surface area contributed by atoms with Crippen molar-refractivity contribution in [2.45, 2.75) is 45.8 Å². The molecule has 0 radical (unpaired) electrons. The van der Waals surface area contributed by atoms with Gasteiger partial charge in [-0.05, 0) is 44.4 Å². The molecule has 1 atom stereocenters. The number of rotatable bonds is 4. The smallest absolute Gasteiger partial charge is 0.330 e. The van der Waals surface area contributed by atoms with E-state index in [-0.39, 0.29) is 11.7 Å². The van der Waals surface area contributed by atoms with Crippen LogP contribution in [0, 0.1) is 18.3 Å². The Hall–Kier alpha value is -3.11. The molecule has 0 saturated carbocycles. The summed E-state index contributed by atoms with van der Waals surface area (Å²) < 4.78 is 3.47. The van der Waals surface area contributed by atoms with Crippen LogP contribution in [0.5, 0.6) is 0 Å². The van der Waals surface area contributed by atoms with Crippen molar-refractivity contribution in [3.05, 3.63) is 57.6 Å². The van der Waals surface area contributed by atoms with Crippen LogP contribution in [0.25, 0.3) is 11.2 Å². The van der Waals surface area contributed by atoms with E-state index < -0.39 is 0 Å². The Kier molecular flexibility index (Phi) is 5.12. The Morgan fingerprint density at radius 1 is 1.31 bits per heavy atom. The average Bonchev–Trinajstić information content (AvgIpc) is 2.98. The number of fused-ring (bicyclic) bond motifs is 1. The van der Waals surface area contributed by atoms with Gasteiger partial charge in [0.05, 0.1) is 23.9 Å². The van der Waals surface area contributed by atoms with Crippen molar-refractivity contribution < 1.29 is 0 Å². The SMILES string of the molecule is CCn1c(=O)n(Cc2ccccc2C#N)c2c(N3CCCC(N)C3)cc(C)nc21. The van der Waals surface area contributed by atoms with Crippen LogP contribution >= 0.6 is 0 Å². The van der Waals surface area contributed by atoms with Gasteiger partial charge in [0.2, 0.25) is 0 Å². The molecule has 7 heteroatoms. The molecular formula is C22H26N6O. The van der Waals surface area contributed by atoms with Gasteiger partial charge in [-0.25, -0.2) is 9.78 Å². The number of imidazole rings is 1. The van der Waals surface area contributed by atoms with Crippen LogP contribution < -0.4 is 16.3 Å². The third-order valence-corrected chi connectivity index (χ3v) is 5.65. The fourth-order valence-corrected chi connectivity index (χ4v) is 4.25. The number of pyridine rings is 1. The lowest BCUT2D eigenvalue weighted by atomic mass is 10.1. The first-order valence-electron chi connectivity index (χ1n) is 10.1. The quantitative estimate of drug-likeness (QED) is 0.738. The van der Waals surface area contributed by atoms with Crippen LogP contribution in [-0.2, 0) is 13.1 Å². The number of piperidine rings is 1. The summed E-state index contributed by atoms with van der Waals surface area (Å²) >= 11 is 0. The monoisotopic (exact) mass is 390 g/mol. The van der Waals surface area contributed by atoms with Gasteiger partial charge in [-0.15, -0.1) is 0 Å². The van der Waals surface area contributed by atoms with Gasteiger partial charge in [0.15, 0.2) is 5.65 Å². The molecule has 7 nitrogen and oxygen atoms in total. The molecular weight excluding hydrogens is 364 g/mol. The molecule has 29 heavy (non-hydrogen) atoms. The molecule has 1 aliphatic heterocycles. The van der Waals surface area contributed by atoms with Crippen molar-refractivity contribution in [1.82, 2.24) is 14.1 Å². The van der Waals surface area contributed by atoms with Gasteiger partial charge >= 0.3 is 5.69 Å². The predicted octanol–water partition coefficient (Wildman–Crippen LogP) is 2.37. The van der Waals surface area contributed by atoms with Crippen LogP contribution in [0.4, 0.5) is 5.69 Å². The Balaban J connectivity index is 1.95. The van der Waals surface area contributed by atoms with Crippen molar-refractivity contribution >= 4 is 16.9 Å². The van der Waals surface area contributed by atoms with E-state index in [0.717, 1.165) is 48.4 Å². The van der Waals surface area contributed by atoms with Crippen molar-refractivity contribution in [3.63, 3.8) is 0 Å². The molecule has 1 fully saturated rings. The number of aromatic nitrogens is 3. The summed E-state index contributed by atoms with van der Waals surface area (Å²) in [6.45, 7) is 6.46. The summed E-state index contributed by atoms with van der Waals surface area (Å²) in [7, 11) is 0. The highest BCUT2D eigenvalue weighted by atomic mass is 16.1. The molecule has 2 aromatic heterocycles. The van der Waals surface area contributed by atoms with E-state index in [9.17, 15) is 10.1 Å². The van der Waals surface area contributed by atoms with Crippen LogP contribution in [0.1, 0.15) is 36.6 Å². The normalized spacial score (nSPS) is 16.9. The lowest BCUT2D eigenvalue weighted by molar-refractivity contribution is 0.506. The lowest BCUT2D eigenvalue weighted by Crippen LogP contribution is -2.43. The number of benzene rings is 1. The van der Waals surface area contributed by atoms with Crippen molar-refractivity contribution in [2.24, 2.45) is 5.73 Å². The minimum atomic E-state index is -0.101. The molecule has 0 spiro atoms. The fraction of sp³-hybridized carbons (Fsp3) is 0.409. The molecule has 150 valence electrons. The average molecular weight is 390 g/mol. The van der Waals surface area contributed by atoms with Gasteiger partial charge in [0, 0.05) is 31.4 Å². The summed E-state index contributed by atoms with van der Waals surface area (Å²) in [5, 5.41) is 9.48. The summed E-state index contributed by atoms with van der Waals surface area (Å²) in [6.07, 6.45) is 2.04. The minimum absolute atomic E-state index is 0.101. The van der Waals surface area contributed by atoms with Gasteiger partial charge in [0.25, 0.3) is 0 Å². The molecule has 0 bridgehead atoms. The number of nitrogens with zero attached hydrogens (tertiary/aromatic N) is 5. The second-order valence-electron chi connectivity index (χ2n) is 7.69. The highest BCUT2D eigenvalue weighted by Crippen LogP contribution is 2.29. The number of hydrogen-bond acceptors (Lipinski definition) is 5. The Bertz CT molecular complexity index is 1150. The molecule has 0 amide bonds. The Morgan fingerprint density at radius 2 is 2.10 bits per heavy atom. The van der Waals surface area contributed by atoms with E-state index in [1.54, 1.807) is 15.2 Å². The summed E-state index contributed by atoms with van der Waals surface area (Å²) in [5.41, 5.74) is 10.9. The maximum Gasteiger partial charge on any atom is 0.330 e. The molecule has 4 rings (SSSR count). The first kappa shape index (κ1) is 19.2. The van der Waals surface area contributed by atoms with Gasteiger partial charge < -0.3 is 10.6 Å². The third-order valence-electron chi connectivity index (χ3n) is 5.65. The van der Waals surface area contributed by atoms with Gasteiger partial charge in [0.1, 0.15) is 5.52 Å². The molecule has 1 aromatic carbocycles. The summed E-state index contributed by atoms with van der Waals surface area (Å²) in [6, 6.07) is 11.8. The topological polar surface area (TPSA) is 92.9 Å². The van der Waals surface area contributed by atoms with E-state index in [4.69, 9.17) is 10.7 Å². The maximum absolute atomic E-state index is 13.3. The Morgan fingerprint density at radius 3 is 2.83 bits per heavy atom. The molecule has 1 aliphatic rings. The second-order valence-corrected chi connectivity index (χ2v) is 7.69. The minimum Gasteiger partial charge on any atom is -0.368 e. The maximum atomic E-state index is 13.3. The van der Waals surface area contributed by atoms with Gasteiger partial charge in [-0.2, -0.15) is 5.26 Å². The number of aryl methyl sites for hydroxylation is 2. The second kappa shape index (κ2) is 7.72. The van der Waals surface area contributed by atoms with E-state index in [2.05, 4.69) is 11.0 Å². The Labute approximate surface area is 170 Å². The number of anilines is 1. The van der Waals surface area contributed by atoms with E-state index in [0.29, 0.717) is 24.3 Å². The number of nitriles is 1. The molecule has 1 unspecified atom stereocenters. The summed E-state index contributed by atoms with van der Waals surface area (Å²) in [4.78, 5) is 20.3. The highest BCUT2D eigenvalue weighted by Gasteiger charge is 2.24. The lowest BCUT2D eigenvalue weighted by Gasteiger charge is -2.33. The zero-order valence-electron chi connectivity index (χ0n) is 16.9. The molecule has 0 aliphatic carbocycles. The summed E-state index contributed by atoms with van der Waals surface area (Å²) in [5.74, 6) is 0. The third kappa shape index (κ3) is 3.40. The number of hydrogen-bond donors (Lipinski definition) is 1. The van der Waals surface area contributed by atoms with E-state index in [1.807, 2.05) is 38.1 Å². The fourth-order valence-electron chi connectivity index (χ4n) is 4.25. The van der Waals surface area contributed by atoms with Crippen LogP contribution in [0.3, 0.4) is 0 Å². The van der Waals surface area contributed by atoms with Gasteiger partial charge in [-0.3, -0.25) is 9.13 Å². The standard InChI is InChI=1S/C22H26N6O/c1-3-27-21-20(19(11-15(2)25-21)26-10-6-9-18(24)14-26)28(22(27)29)13-17-8-5-4-7-16(17)12-23/h4-5,7-8,11,18H,3,6,9-10,13-14,24H2,1-2H3. The van der Waals surface area contributed by atoms with Crippen molar-refractivity contribution in [3.8, 4) is 6.07 Å². The first-order chi connectivity index (χ1) is 14.0. The first-order valence-corrected chi connectivity index (χ1v) is 10.1.